The van der Waals surface area contributed by atoms with Crippen molar-refractivity contribution < 1.29 is 8.42 Å². The van der Waals surface area contributed by atoms with Gasteiger partial charge < -0.3 is 5.32 Å². The van der Waals surface area contributed by atoms with Gasteiger partial charge in [-0.1, -0.05) is 19.1 Å². The second-order valence-electron chi connectivity index (χ2n) is 4.10. The van der Waals surface area contributed by atoms with Gasteiger partial charge in [-0.05, 0) is 30.5 Å². The van der Waals surface area contributed by atoms with E-state index in [1.165, 1.54) is 11.1 Å². The van der Waals surface area contributed by atoms with Gasteiger partial charge in [-0.3, -0.25) is 0 Å². The number of hydrogen-bond donors (Lipinski definition) is 2. The molecule has 0 aromatic heterocycles. The Bertz CT molecular complexity index is 469. The zero-order valence-corrected chi connectivity index (χ0v) is 11.4. The zero-order valence-electron chi connectivity index (χ0n) is 10.6. The van der Waals surface area contributed by atoms with Crippen LogP contribution in [0.25, 0.3) is 0 Å². The first-order valence-corrected chi connectivity index (χ1v) is 7.59. The Balaban J connectivity index is 2.47. The number of aryl methyl sites for hydroxylation is 2. The molecular formula is C12H20N2O2S. The van der Waals surface area contributed by atoms with E-state index in [1.54, 1.807) is 0 Å². The van der Waals surface area contributed by atoms with E-state index in [0.29, 0.717) is 13.1 Å². The van der Waals surface area contributed by atoms with Gasteiger partial charge >= 0.3 is 0 Å². The molecule has 0 bridgehead atoms. The Morgan fingerprint density at radius 3 is 2.47 bits per heavy atom. The normalized spacial score (nSPS) is 11.5. The van der Waals surface area contributed by atoms with Crippen molar-refractivity contribution in [1.29, 1.82) is 0 Å². The molecule has 0 spiro atoms. The topological polar surface area (TPSA) is 58.2 Å². The number of rotatable bonds is 6. The van der Waals surface area contributed by atoms with Gasteiger partial charge in [0.1, 0.15) is 0 Å². The van der Waals surface area contributed by atoms with E-state index >= 15 is 0 Å². The molecular weight excluding hydrogens is 236 g/mol. The highest BCUT2D eigenvalue weighted by Crippen LogP contribution is 2.16. The first-order valence-electron chi connectivity index (χ1n) is 5.70. The molecule has 0 aliphatic carbocycles. The van der Waals surface area contributed by atoms with Gasteiger partial charge in [0.2, 0.25) is 10.0 Å². The predicted octanol–water partition coefficient (Wildman–Crippen LogP) is 1.52. The van der Waals surface area contributed by atoms with Crippen LogP contribution in [-0.4, -0.2) is 27.8 Å². The standard InChI is InChI=1S/C12H20N2O2S/c1-4-11-5-6-12(10(2)9-11)13-7-8-14-17(3,15)16/h5-6,9,13-14H,4,7-8H2,1-3H3. The first-order chi connectivity index (χ1) is 7.92. The Morgan fingerprint density at radius 1 is 1.24 bits per heavy atom. The Labute approximate surface area is 103 Å². The Kier molecular flexibility index (Phi) is 4.96. The third-order valence-electron chi connectivity index (χ3n) is 2.50. The molecule has 0 saturated carbocycles. The minimum absolute atomic E-state index is 0.397. The van der Waals surface area contributed by atoms with E-state index in [9.17, 15) is 8.42 Å². The van der Waals surface area contributed by atoms with Gasteiger partial charge in [0.15, 0.2) is 0 Å². The lowest BCUT2D eigenvalue weighted by Gasteiger charge is -2.10. The van der Waals surface area contributed by atoms with E-state index in [1.807, 2.05) is 13.0 Å². The maximum Gasteiger partial charge on any atom is 0.208 e. The molecule has 1 aromatic rings. The summed E-state index contributed by atoms with van der Waals surface area (Å²) in [6, 6.07) is 6.26. The van der Waals surface area contributed by atoms with E-state index in [4.69, 9.17) is 0 Å². The minimum atomic E-state index is -3.09. The molecule has 1 rings (SSSR count). The molecule has 0 radical (unpaired) electrons. The third kappa shape index (κ3) is 5.19. The summed E-state index contributed by atoms with van der Waals surface area (Å²) in [7, 11) is -3.09. The van der Waals surface area contributed by atoms with Crippen molar-refractivity contribution in [2.45, 2.75) is 20.3 Å². The fourth-order valence-electron chi connectivity index (χ4n) is 1.58. The highest BCUT2D eigenvalue weighted by atomic mass is 32.2. The summed E-state index contributed by atoms with van der Waals surface area (Å²) in [6.45, 7) is 5.15. The molecule has 0 aliphatic rings. The van der Waals surface area contributed by atoms with Crippen molar-refractivity contribution >= 4 is 15.7 Å². The summed E-state index contributed by atoms with van der Waals surface area (Å²) in [5, 5.41) is 3.21. The number of anilines is 1. The van der Waals surface area contributed by atoms with Crippen LogP contribution in [0.4, 0.5) is 5.69 Å². The first kappa shape index (κ1) is 14.0. The van der Waals surface area contributed by atoms with Crippen LogP contribution in [0, 0.1) is 6.92 Å². The predicted molar refractivity (Wildman–Crippen MR) is 71.9 cm³/mol. The van der Waals surface area contributed by atoms with Crippen molar-refractivity contribution in [3.05, 3.63) is 29.3 Å². The van der Waals surface area contributed by atoms with Crippen LogP contribution in [0.3, 0.4) is 0 Å². The second kappa shape index (κ2) is 6.02. The summed E-state index contributed by atoms with van der Waals surface area (Å²) >= 11 is 0. The van der Waals surface area contributed by atoms with Gasteiger partial charge in [0.05, 0.1) is 6.26 Å². The molecule has 2 N–H and O–H groups in total. The van der Waals surface area contributed by atoms with Gasteiger partial charge in [-0.25, -0.2) is 13.1 Å². The van der Waals surface area contributed by atoms with Crippen molar-refractivity contribution in [3.63, 3.8) is 0 Å². The average Bonchev–Trinajstić information content (AvgIpc) is 2.24. The third-order valence-corrected chi connectivity index (χ3v) is 3.23. The molecule has 4 nitrogen and oxygen atoms in total. The highest BCUT2D eigenvalue weighted by Gasteiger charge is 2.01. The number of hydrogen-bond acceptors (Lipinski definition) is 3. The smallest absolute Gasteiger partial charge is 0.208 e. The van der Waals surface area contributed by atoms with E-state index in [2.05, 4.69) is 29.1 Å². The van der Waals surface area contributed by atoms with Crippen LogP contribution < -0.4 is 10.0 Å². The zero-order chi connectivity index (χ0) is 12.9. The lowest BCUT2D eigenvalue weighted by Crippen LogP contribution is -2.27. The lowest BCUT2D eigenvalue weighted by atomic mass is 10.1. The van der Waals surface area contributed by atoms with Crippen LogP contribution in [0.5, 0.6) is 0 Å². The lowest BCUT2D eigenvalue weighted by molar-refractivity contribution is 0.589. The second-order valence-corrected chi connectivity index (χ2v) is 5.93. The fraction of sp³-hybridized carbons (Fsp3) is 0.500. The molecule has 0 fully saturated rings. The van der Waals surface area contributed by atoms with E-state index in [-0.39, 0.29) is 0 Å². The molecule has 0 amide bonds. The maximum atomic E-state index is 10.9. The molecule has 96 valence electrons. The summed E-state index contributed by atoms with van der Waals surface area (Å²) in [5.74, 6) is 0. The van der Waals surface area contributed by atoms with Crippen molar-refractivity contribution in [2.24, 2.45) is 0 Å². The summed E-state index contributed by atoms with van der Waals surface area (Å²) in [5.41, 5.74) is 3.54. The molecule has 0 saturated heterocycles. The van der Waals surface area contributed by atoms with Crippen LogP contribution in [0.2, 0.25) is 0 Å². The van der Waals surface area contributed by atoms with Crippen LogP contribution in [-0.2, 0) is 16.4 Å². The largest absolute Gasteiger partial charge is 0.384 e. The van der Waals surface area contributed by atoms with Gasteiger partial charge in [-0.15, -0.1) is 0 Å². The molecule has 1 aromatic carbocycles. The SMILES string of the molecule is CCc1ccc(NCCNS(C)(=O)=O)c(C)c1. The van der Waals surface area contributed by atoms with E-state index in [0.717, 1.165) is 18.4 Å². The molecule has 0 atom stereocenters. The van der Waals surface area contributed by atoms with Crippen molar-refractivity contribution in [1.82, 2.24) is 4.72 Å². The molecule has 17 heavy (non-hydrogen) atoms. The van der Waals surface area contributed by atoms with Gasteiger partial charge in [0, 0.05) is 18.8 Å². The monoisotopic (exact) mass is 256 g/mol. The summed E-state index contributed by atoms with van der Waals surface area (Å²) in [4.78, 5) is 0. The Morgan fingerprint density at radius 2 is 1.94 bits per heavy atom. The summed E-state index contributed by atoms with van der Waals surface area (Å²) < 4.78 is 24.2. The Hall–Kier alpha value is -1.07. The van der Waals surface area contributed by atoms with Crippen LogP contribution in [0.1, 0.15) is 18.1 Å². The van der Waals surface area contributed by atoms with Crippen molar-refractivity contribution in [3.8, 4) is 0 Å². The van der Waals surface area contributed by atoms with Crippen molar-refractivity contribution in [2.75, 3.05) is 24.7 Å². The maximum absolute atomic E-state index is 10.9. The molecule has 0 aliphatic heterocycles. The average molecular weight is 256 g/mol. The highest BCUT2D eigenvalue weighted by molar-refractivity contribution is 7.88. The minimum Gasteiger partial charge on any atom is -0.384 e. The van der Waals surface area contributed by atoms with Crippen LogP contribution in [0.15, 0.2) is 18.2 Å². The number of benzene rings is 1. The molecule has 0 unspecified atom stereocenters. The van der Waals surface area contributed by atoms with E-state index < -0.39 is 10.0 Å². The fourth-order valence-corrected chi connectivity index (χ4v) is 2.05. The van der Waals surface area contributed by atoms with Crippen LogP contribution >= 0.6 is 0 Å². The quantitative estimate of drug-likeness (QED) is 0.759. The van der Waals surface area contributed by atoms with Gasteiger partial charge in [-0.2, -0.15) is 0 Å². The number of nitrogens with one attached hydrogen (secondary N) is 2. The molecule has 0 heterocycles. The number of sulfonamides is 1. The molecule has 5 heteroatoms. The summed E-state index contributed by atoms with van der Waals surface area (Å²) in [6.07, 6.45) is 2.19. The van der Waals surface area contributed by atoms with Gasteiger partial charge in [0.25, 0.3) is 0 Å².